The predicted octanol–water partition coefficient (Wildman–Crippen LogP) is 1.98. The molecular weight excluding hydrogens is 356 g/mol. The molecule has 3 rings (SSSR count). The van der Waals surface area contributed by atoms with Gasteiger partial charge in [0.15, 0.2) is 9.84 Å². The Morgan fingerprint density at radius 1 is 1.12 bits per heavy atom. The molecule has 2 aromatic carbocycles. The predicted molar refractivity (Wildman–Crippen MR) is 97.0 cm³/mol. The van der Waals surface area contributed by atoms with Crippen LogP contribution in [0.3, 0.4) is 0 Å². The van der Waals surface area contributed by atoms with Crippen molar-refractivity contribution in [2.24, 2.45) is 0 Å². The monoisotopic (exact) mass is 374 g/mol. The smallest absolute Gasteiger partial charge is 0.339 e. The first-order valence-corrected chi connectivity index (χ1v) is 9.91. The van der Waals surface area contributed by atoms with E-state index in [9.17, 15) is 18.0 Å². The van der Waals surface area contributed by atoms with Crippen LogP contribution in [-0.4, -0.2) is 36.8 Å². The molecule has 1 N–H and O–H groups in total. The summed E-state index contributed by atoms with van der Waals surface area (Å²) in [6.07, 6.45) is 1.47. The van der Waals surface area contributed by atoms with Crippen molar-refractivity contribution in [3.05, 3.63) is 64.6 Å². The summed E-state index contributed by atoms with van der Waals surface area (Å²) in [5.74, 6) is -0.697. The van der Waals surface area contributed by atoms with Gasteiger partial charge in [-0.05, 0) is 30.7 Å². The van der Waals surface area contributed by atoms with Gasteiger partial charge in [-0.25, -0.2) is 18.0 Å². The molecule has 0 aliphatic carbocycles. The number of nitrogens with one attached hydrogen (secondary N) is 1. The molecule has 1 heterocycles. The number of esters is 1. The van der Waals surface area contributed by atoms with E-state index in [1.54, 1.807) is 16.7 Å². The SMILES string of the molecule is CS(=O)(=O)c1ccccc1C(=O)OCCCn1c(=O)[nH]c2ccccc21. The van der Waals surface area contributed by atoms with Gasteiger partial charge in [0.05, 0.1) is 28.1 Å². The van der Waals surface area contributed by atoms with Crippen LogP contribution >= 0.6 is 0 Å². The first-order chi connectivity index (χ1) is 12.4. The van der Waals surface area contributed by atoms with E-state index < -0.39 is 15.8 Å². The number of aromatic amines is 1. The average Bonchev–Trinajstić information content (AvgIpc) is 2.93. The van der Waals surface area contributed by atoms with E-state index >= 15 is 0 Å². The second-order valence-electron chi connectivity index (χ2n) is 5.86. The summed E-state index contributed by atoms with van der Waals surface area (Å²) in [4.78, 5) is 26.9. The molecule has 0 fully saturated rings. The Kier molecular flexibility index (Phi) is 4.94. The van der Waals surface area contributed by atoms with Crippen molar-refractivity contribution in [2.75, 3.05) is 12.9 Å². The Balaban J connectivity index is 1.65. The molecule has 0 radical (unpaired) electrons. The quantitative estimate of drug-likeness (QED) is 0.525. The number of para-hydroxylation sites is 2. The average molecular weight is 374 g/mol. The van der Waals surface area contributed by atoms with Crippen molar-refractivity contribution < 1.29 is 17.9 Å². The topological polar surface area (TPSA) is 98.2 Å². The fraction of sp³-hybridized carbons (Fsp3) is 0.222. The normalized spacial score (nSPS) is 11.6. The molecule has 3 aromatic rings. The van der Waals surface area contributed by atoms with Gasteiger partial charge in [0.1, 0.15) is 0 Å². The lowest BCUT2D eigenvalue weighted by Gasteiger charge is -2.09. The number of aromatic nitrogens is 2. The number of H-pyrrole nitrogens is 1. The van der Waals surface area contributed by atoms with Gasteiger partial charge in [0.25, 0.3) is 0 Å². The second kappa shape index (κ2) is 7.17. The van der Waals surface area contributed by atoms with Crippen molar-refractivity contribution >= 4 is 26.8 Å². The van der Waals surface area contributed by atoms with Gasteiger partial charge < -0.3 is 9.72 Å². The summed E-state index contributed by atoms with van der Waals surface area (Å²) >= 11 is 0. The molecule has 136 valence electrons. The Hall–Kier alpha value is -2.87. The van der Waals surface area contributed by atoms with E-state index in [2.05, 4.69) is 4.98 Å². The maximum atomic E-state index is 12.2. The third-order valence-electron chi connectivity index (χ3n) is 3.95. The van der Waals surface area contributed by atoms with Crippen molar-refractivity contribution in [3.63, 3.8) is 0 Å². The summed E-state index contributed by atoms with van der Waals surface area (Å²) in [6, 6.07) is 13.3. The minimum atomic E-state index is -3.52. The third kappa shape index (κ3) is 3.70. The number of ether oxygens (including phenoxy) is 1. The molecule has 0 saturated heterocycles. The second-order valence-corrected chi connectivity index (χ2v) is 7.84. The van der Waals surface area contributed by atoms with E-state index in [0.717, 1.165) is 17.3 Å². The molecule has 26 heavy (non-hydrogen) atoms. The van der Waals surface area contributed by atoms with Crippen LogP contribution in [0.4, 0.5) is 0 Å². The molecule has 0 atom stereocenters. The molecule has 0 unspecified atom stereocenters. The van der Waals surface area contributed by atoms with E-state index in [1.807, 2.05) is 24.3 Å². The Bertz CT molecular complexity index is 1110. The van der Waals surface area contributed by atoms with Crippen LogP contribution in [0.5, 0.6) is 0 Å². The van der Waals surface area contributed by atoms with Crippen LogP contribution in [0, 0.1) is 0 Å². The first kappa shape index (κ1) is 17.9. The van der Waals surface area contributed by atoms with Gasteiger partial charge in [-0.2, -0.15) is 0 Å². The molecule has 8 heteroatoms. The summed E-state index contributed by atoms with van der Waals surface area (Å²) in [5, 5.41) is 0. The van der Waals surface area contributed by atoms with Gasteiger partial charge >= 0.3 is 11.7 Å². The largest absolute Gasteiger partial charge is 0.462 e. The van der Waals surface area contributed by atoms with Crippen LogP contribution in [0.25, 0.3) is 11.0 Å². The molecule has 1 aromatic heterocycles. The fourth-order valence-corrected chi connectivity index (χ4v) is 3.63. The lowest BCUT2D eigenvalue weighted by atomic mass is 10.2. The highest BCUT2D eigenvalue weighted by Crippen LogP contribution is 2.16. The summed E-state index contributed by atoms with van der Waals surface area (Å²) < 4.78 is 30.3. The standard InChI is InChI=1S/C18H18N2O5S/c1-26(23,24)16-10-5-2-7-13(16)17(21)25-12-6-11-20-15-9-4-3-8-14(15)19-18(20)22/h2-5,7-10H,6,11-12H2,1H3,(H,19,22). The van der Waals surface area contributed by atoms with Crippen LogP contribution < -0.4 is 5.69 Å². The number of benzene rings is 2. The highest BCUT2D eigenvalue weighted by molar-refractivity contribution is 7.90. The molecule has 0 aliphatic rings. The highest BCUT2D eigenvalue weighted by atomic mass is 32.2. The summed E-state index contributed by atoms with van der Waals surface area (Å²) in [7, 11) is -3.52. The highest BCUT2D eigenvalue weighted by Gasteiger charge is 2.19. The molecule has 0 saturated carbocycles. The zero-order valence-corrected chi connectivity index (χ0v) is 15.0. The zero-order chi connectivity index (χ0) is 18.7. The third-order valence-corrected chi connectivity index (χ3v) is 5.10. The van der Waals surface area contributed by atoms with Gasteiger partial charge in [0.2, 0.25) is 0 Å². The van der Waals surface area contributed by atoms with E-state index in [-0.39, 0.29) is 22.8 Å². The first-order valence-electron chi connectivity index (χ1n) is 8.01. The number of carbonyl (C=O) groups excluding carboxylic acids is 1. The van der Waals surface area contributed by atoms with Gasteiger partial charge in [-0.3, -0.25) is 4.57 Å². The number of fused-ring (bicyclic) bond motifs is 1. The van der Waals surface area contributed by atoms with E-state index in [1.165, 1.54) is 12.1 Å². The fourth-order valence-electron chi connectivity index (χ4n) is 2.75. The number of sulfone groups is 1. The summed E-state index contributed by atoms with van der Waals surface area (Å²) in [5.41, 5.74) is 1.32. The van der Waals surface area contributed by atoms with Crippen molar-refractivity contribution in [1.29, 1.82) is 0 Å². The molecule has 0 bridgehead atoms. The minimum Gasteiger partial charge on any atom is -0.462 e. The van der Waals surface area contributed by atoms with Crippen molar-refractivity contribution in [1.82, 2.24) is 9.55 Å². The minimum absolute atomic E-state index is 0.0132. The number of hydrogen-bond acceptors (Lipinski definition) is 5. The number of nitrogens with zero attached hydrogens (tertiary/aromatic N) is 1. The number of carbonyl (C=O) groups is 1. The van der Waals surface area contributed by atoms with Crippen LogP contribution in [0.2, 0.25) is 0 Å². The maximum Gasteiger partial charge on any atom is 0.339 e. The molecule has 7 nitrogen and oxygen atoms in total. The van der Waals surface area contributed by atoms with Crippen LogP contribution in [-0.2, 0) is 21.1 Å². The number of imidazole rings is 1. The number of rotatable bonds is 6. The van der Waals surface area contributed by atoms with Gasteiger partial charge in [0, 0.05) is 12.8 Å². The van der Waals surface area contributed by atoms with Crippen molar-refractivity contribution in [3.8, 4) is 0 Å². The lowest BCUT2D eigenvalue weighted by Crippen LogP contribution is -2.18. The Morgan fingerprint density at radius 3 is 2.58 bits per heavy atom. The molecular formula is C18H18N2O5S. The maximum absolute atomic E-state index is 12.2. The summed E-state index contributed by atoms with van der Waals surface area (Å²) in [6.45, 7) is 0.451. The Labute approximate surface area is 150 Å². The van der Waals surface area contributed by atoms with Gasteiger partial charge in [-0.1, -0.05) is 24.3 Å². The lowest BCUT2D eigenvalue weighted by molar-refractivity contribution is 0.0491. The Morgan fingerprint density at radius 2 is 1.81 bits per heavy atom. The molecule has 0 amide bonds. The van der Waals surface area contributed by atoms with Crippen LogP contribution in [0.1, 0.15) is 16.8 Å². The number of aryl methyl sites for hydroxylation is 1. The van der Waals surface area contributed by atoms with E-state index in [0.29, 0.717) is 13.0 Å². The zero-order valence-electron chi connectivity index (χ0n) is 14.1. The molecule has 0 aliphatic heterocycles. The van der Waals surface area contributed by atoms with Crippen molar-refractivity contribution in [2.45, 2.75) is 17.9 Å². The number of hydrogen-bond donors (Lipinski definition) is 1. The van der Waals surface area contributed by atoms with Gasteiger partial charge in [-0.15, -0.1) is 0 Å². The van der Waals surface area contributed by atoms with Crippen LogP contribution in [0.15, 0.2) is 58.2 Å². The molecule has 0 spiro atoms. The van der Waals surface area contributed by atoms with E-state index in [4.69, 9.17) is 4.74 Å².